The fourth-order valence-corrected chi connectivity index (χ4v) is 3.64. The third-order valence-corrected chi connectivity index (χ3v) is 5.00. The number of likely N-dealkylation sites (tertiary alicyclic amines) is 1. The Labute approximate surface area is 113 Å². The van der Waals surface area contributed by atoms with E-state index in [1.165, 1.54) is 18.2 Å². The minimum Gasteiger partial charge on any atom is -0.299 e. The fourth-order valence-electron chi connectivity index (χ4n) is 2.49. The molecule has 0 amide bonds. The average molecular weight is 286 g/mol. The molecule has 1 aromatic rings. The Kier molecular flexibility index (Phi) is 4.54. The van der Waals surface area contributed by atoms with E-state index in [-0.39, 0.29) is 10.9 Å². The van der Waals surface area contributed by atoms with Crippen molar-refractivity contribution in [2.75, 3.05) is 19.6 Å². The second-order valence-corrected chi connectivity index (χ2v) is 6.44. The number of hydrogen-bond donors (Lipinski definition) is 1. The van der Waals surface area contributed by atoms with Gasteiger partial charge in [0.15, 0.2) is 0 Å². The molecule has 1 atom stereocenters. The Hall–Kier alpha value is -0.980. The third kappa shape index (κ3) is 3.32. The van der Waals surface area contributed by atoms with E-state index in [9.17, 15) is 12.8 Å². The predicted molar refractivity (Wildman–Crippen MR) is 71.9 cm³/mol. The van der Waals surface area contributed by atoms with E-state index in [1.54, 1.807) is 0 Å². The molecular weight excluding hydrogens is 267 g/mol. The lowest BCUT2D eigenvalue weighted by molar-refractivity contribution is 0.268. The van der Waals surface area contributed by atoms with Gasteiger partial charge in [-0.15, -0.1) is 0 Å². The second-order valence-electron chi connectivity index (χ2n) is 4.71. The number of nitrogens with zero attached hydrogens (tertiary/aromatic N) is 1. The van der Waals surface area contributed by atoms with Crippen molar-refractivity contribution >= 4 is 10.0 Å². The van der Waals surface area contributed by atoms with Crippen molar-refractivity contribution < 1.29 is 12.8 Å². The van der Waals surface area contributed by atoms with Crippen LogP contribution < -0.4 is 4.72 Å². The van der Waals surface area contributed by atoms with E-state index in [4.69, 9.17) is 0 Å². The molecule has 1 heterocycles. The summed E-state index contributed by atoms with van der Waals surface area (Å²) in [5, 5.41) is 0. The number of halogens is 1. The molecular formula is C13H19FN2O2S. The van der Waals surface area contributed by atoms with Crippen LogP contribution in [-0.2, 0) is 10.0 Å². The smallest absolute Gasteiger partial charge is 0.243 e. The number of likely N-dealkylation sites (N-methyl/N-ethyl adjacent to an activating group) is 1. The SMILES string of the molecule is CCN1CCCC1CNS(=O)(=O)c1ccccc1F. The van der Waals surface area contributed by atoms with Crippen LogP contribution in [0.1, 0.15) is 19.8 Å². The molecule has 0 aliphatic carbocycles. The van der Waals surface area contributed by atoms with Crippen molar-refractivity contribution in [3.05, 3.63) is 30.1 Å². The van der Waals surface area contributed by atoms with Gasteiger partial charge in [0.2, 0.25) is 10.0 Å². The highest BCUT2D eigenvalue weighted by atomic mass is 32.2. The predicted octanol–water partition coefficient (Wildman–Crippen LogP) is 1.59. The Morgan fingerprint density at radius 2 is 2.16 bits per heavy atom. The molecule has 1 aliphatic heterocycles. The molecule has 4 nitrogen and oxygen atoms in total. The topological polar surface area (TPSA) is 49.4 Å². The molecule has 2 rings (SSSR count). The van der Waals surface area contributed by atoms with Crippen molar-refractivity contribution in [1.29, 1.82) is 0 Å². The largest absolute Gasteiger partial charge is 0.299 e. The molecule has 0 radical (unpaired) electrons. The zero-order chi connectivity index (χ0) is 13.9. The first-order valence-corrected chi connectivity index (χ1v) is 8.01. The third-order valence-electron chi connectivity index (χ3n) is 3.54. The minimum atomic E-state index is -3.76. The van der Waals surface area contributed by atoms with Crippen LogP contribution in [0.25, 0.3) is 0 Å². The van der Waals surface area contributed by atoms with Crippen molar-refractivity contribution in [2.45, 2.75) is 30.7 Å². The van der Waals surface area contributed by atoms with Crippen molar-refractivity contribution in [1.82, 2.24) is 9.62 Å². The molecule has 0 spiro atoms. The number of hydrogen-bond acceptors (Lipinski definition) is 3. The first kappa shape index (κ1) is 14.4. The molecule has 1 unspecified atom stereocenters. The lowest BCUT2D eigenvalue weighted by Crippen LogP contribution is -2.40. The molecule has 1 N–H and O–H groups in total. The molecule has 0 bridgehead atoms. The van der Waals surface area contributed by atoms with Crippen LogP contribution in [0.5, 0.6) is 0 Å². The van der Waals surface area contributed by atoms with Gasteiger partial charge in [-0.1, -0.05) is 19.1 Å². The molecule has 1 saturated heterocycles. The van der Waals surface area contributed by atoms with Crippen molar-refractivity contribution in [3.63, 3.8) is 0 Å². The molecule has 1 fully saturated rings. The summed E-state index contributed by atoms with van der Waals surface area (Å²) in [4.78, 5) is 1.96. The first-order valence-electron chi connectivity index (χ1n) is 6.53. The first-order chi connectivity index (χ1) is 9.04. The quantitative estimate of drug-likeness (QED) is 0.894. The maximum absolute atomic E-state index is 13.5. The van der Waals surface area contributed by atoms with Crippen molar-refractivity contribution in [2.24, 2.45) is 0 Å². The van der Waals surface area contributed by atoms with Gasteiger partial charge in [-0.05, 0) is 38.1 Å². The van der Waals surface area contributed by atoms with Crippen LogP contribution in [0.2, 0.25) is 0 Å². The summed E-state index contributed by atoms with van der Waals surface area (Å²) < 4.78 is 40.1. The van der Waals surface area contributed by atoms with Gasteiger partial charge in [-0.25, -0.2) is 17.5 Å². The number of benzene rings is 1. The summed E-state index contributed by atoms with van der Waals surface area (Å²) in [6.45, 7) is 4.31. The normalized spacial score (nSPS) is 20.8. The molecule has 1 aliphatic rings. The summed E-state index contributed by atoms with van der Waals surface area (Å²) in [5.74, 6) is -0.714. The Bertz CT molecular complexity index is 533. The van der Waals surface area contributed by atoms with Gasteiger partial charge >= 0.3 is 0 Å². The van der Waals surface area contributed by atoms with Gasteiger partial charge in [-0.2, -0.15) is 0 Å². The fraction of sp³-hybridized carbons (Fsp3) is 0.538. The summed E-state index contributed by atoms with van der Waals surface area (Å²) in [6, 6.07) is 5.65. The molecule has 0 saturated carbocycles. The van der Waals surface area contributed by atoms with Gasteiger partial charge in [0, 0.05) is 12.6 Å². The number of sulfonamides is 1. The Morgan fingerprint density at radius 3 is 2.84 bits per heavy atom. The van der Waals surface area contributed by atoms with E-state index in [1.807, 2.05) is 0 Å². The van der Waals surface area contributed by atoms with Crippen LogP contribution in [0, 0.1) is 5.82 Å². The lowest BCUT2D eigenvalue weighted by atomic mass is 10.2. The molecule has 0 aromatic heterocycles. The molecule has 1 aromatic carbocycles. The van der Waals surface area contributed by atoms with E-state index in [0.29, 0.717) is 6.54 Å². The zero-order valence-corrected chi connectivity index (χ0v) is 11.8. The highest BCUT2D eigenvalue weighted by Crippen LogP contribution is 2.17. The Morgan fingerprint density at radius 1 is 1.42 bits per heavy atom. The maximum Gasteiger partial charge on any atom is 0.243 e. The maximum atomic E-state index is 13.5. The molecule has 19 heavy (non-hydrogen) atoms. The average Bonchev–Trinajstić information content (AvgIpc) is 2.84. The number of nitrogens with one attached hydrogen (secondary N) is 1. The van der Waals surface area contributed by atoms with Crippen LogP contribution in [0.15, 0.2) is 29.2 Å². The highest BCUT2D eigenvalue weighted by molar-refractivity contribution is 7.89. The van der Waals surface area contributed by atoms with Crippen LogP contribution >= 0.6 is 0 Å². The van der Waals surface area contributed by atoms with Gasteiger partial charge in [0.25, 0.3) is 0 Å². The van der Waals surface area contributed by atoms with E-state index >= 15 is 0 Å². The molecule has 106 valence electrons. The van der Waals surface area contributed by atoms with Crippen LogP contribution in [0.4, 0.5) is 4.39 Å². The van der Waals surface area contributed by atoms with Crippen molar-refractivity contribution in [3.8, 4) is 0 Å². The van der Waals surface area contributed by atoms with Gasteiger partial charge in [0.05, 0.1) is 0 Å². The second kappa shape index (κ2) is 5.98. The van der Waals surface area contributed by atoms with Gasteiger partial charge in [0.1, 0.15) is 10.7 Å². The zero-order valence-electron chi connectivity index (χ0n) is 11.0. The van der Waals surface area contributed by atoms with Gasteiger partial charge < -0.3 is 0 Å². The van der Waals surface area contributed by atoms with E-state index in [2.05, 4.69) is 16.5 Å². The summed E-state index contributed by atoms with van der Waals surface area (Å²) in [6.07, 6.45) is 2.06. The summed E-state index contributed by atoms with van der Waals surface area (Å²) in [7, 11) is -3.76. The Balaban J connectivity index is 2.04. The molecule has 6 heteroatoms. The number of rotatable bonds is 5. The van der Waals surface area contributed by atoms with Crippen LogP contribution in [0.3, 0.4) is 0 Å². The van der Waals surface area contributed by atoms with E-state index in [0.717, 1.165) is 32.0 Å². The lowest BCUT2D eigenvalue weighted by Gasteiger charge is -2.22. The summed E-state index contributed by atoms with van der Waals surface area (Å²) in [5.41, 5.74) is 0. The standard InChI is InChI=1S/C13H19FN2O2S/c1-2-16-9-5-6-11(16)10-15-19(17,18)13-8-4-3-7-12(13)14/h3-4,7-8,11,15H,2,5-6,9-10H2,1H3. The van der Waals surface area contributed by atoms with Gasteiger partial charge in [-0.3, -0.25) is 4.90 Å². The van der Waals surface area contributed by atoms with Crippen LogP contribution in [-0.4, -0.2) is 39.0 Å². The minimum absolute atomic E-state index is 0.214. The monoisotopic (exact) mass is 286 g/mol. The summed E-state index contributed by atoms with van der Waals surface area (Å²) >= 11 is 0. The highest BCUT2D eigenvalue weighted by Gasteiger charge is 2.26. The van der Waals surface area contributed by atoms with E-state index < -0.39 is 15.8 Å².